The molecule has 0 saturated heterocycles. The predicted molar refractivity (Wildman–Crippen MR) is 115 cm³/mol. The van der Waals surface area contributed by atoms with Crippen LogP contribution in [0, 0.1) is 5.92 Å². The lowest BCUT2D eigenvalue weighted by Crippen LogP contribution is -2.57. The molecular weight excluding hydrogens is 420 g/mol. The van der Waals surface area contributed by atoms with Crippen LogP contribution in [-0.2, 0) is 25.6 Å². The number of nitrogens with one attached hydrogen (secondary N) is 3. The van der Waals surface area contributed by atoms with Crippen LogP contribution in [0.2, 0.25) is 0 Å². The van der Waals surface area contributed by atoms with Crippen molar-refractivity contribution in [3.8, 4) is 5.75 Å². The highest BCUT2D eigenvalue weighted by molar-refractivity contribution is 5.94. The van der Waals surface area contributed by atoms with Gasteiger partial charge in [0.15, 0.2) is 0 Å². The van der Waals surface area contributed by atoms with Gasteiger partial charge in [0.25, 0.3) is 0 Å². The number of phenols is 1. The van der Waals surface area contributed by atoms with Crippen LogP contribution in [0.25, 0.3) is 0 Å². The summed E-state index contributed by atoms with van der Waals surface area (Å²) in [5, 5.41) is 34.9. The fourth-order valence-corrected chi connectivity index (χ4v) is 2.79. The molecule has 1 aromatic carbocycles. The van der Waals surface area contributed by atoms with Crippen LogP contribution in [0.3, 0.4) is 0 Å². The number of aliphatic hydroxyl groups excluding tert-OH is 1. The third kappa shape index (κ3) is 8.90. The monoisotopic (exact) mass is 452 g/mol. The Morgan fingerprint density at radius 3 is 1.94 bits per heavy atom. The smallest absolute Gasteiger partial charge is 0.325 e. The van der Waals surface area contributed by atoms with E-state index in [2.05, 4.69) is 16.0 Å². The Morgan fingerprint density at radius 1 is 0.906 bits per heavy atom. The number of carboxylic acid groups (broad SMARTS) is 1. The minimum atomic E-state index is -1.24. The molecule has 8 N–H and O–H groups in total. The first-order valence-electron chi connectivity index (χ1n) is 10.2. The van der Waals surface area contributed by atoms with Gasteiger partial charge in [-0.25, -0.2) is 0 Å². The van der Waals surface area contributed by atoms with Gasteiger partial charge in [-0.15, -0.1) is 0 Å². The van der Waals surface area contributed by atoms with Crippen molar-refractivity contribution < 1.29 is 34.5 Å². The van der Waals surface area contributed by atoms with Gasteiger partial charge in [0.2, 0.25) is 17.7 Å². The van der Waals surface area contributed by atoms with Crippen LogP contribution in [0.4, 0.5) is 0 Å². The number of aliphatic carboxylic acids is 1. The Labute approximate surface area is 186 Å². The Morgan fingerprint density at radius 2 is 1.44 bits per heavy atom. The fourth-order valence-electron chi connectivity index (χ4n) is 2.79. The van der Waals surface area contributed by atoms with Crippen molar-refractivity contribution >= 4 is 23.7 Å². The predicted octanol–water partition coefficient (Wildman–Crippen LogP) is -1.14. The van der Waals surface area contributed by atoms with Crippen LogP contribution in [0.5, 0.6) is 5.75 Å². The molecule has 0 bridgehead atoms. The van der Waals surface area contributed by atoms with E-state index in [0.717, 1.165) is 0 Å². The molecule has 0 heterocycles. The quantitative estimate of drug-likeness (QED) is 0.207. The molecule has 4 atom stereocenters. The molecule has 0 spiro atoms. The highest BCUT2D eigenvalue weighted by Crippen LogP contribution is 2.12. The summed E-state index contributed by atoms with van der Waals surface area (Å²) in [7, 11) is 0. The number of benzene rings is 1. The summed E-state index contributed by atoms with van der Waals surface area (Å²) < 4.78 is 0. The van der Waals surface area contributed by atoms with Crippen molar-refractivity contribution in [2.75, 3.05) is 6.61 Å². The van der Waals surface area contributed by atoms with Crippen LogP contribution < -0.4 is 21.7 Å². The third-order valence-electron chi connectivity index (χ3n) is 4.61. The number of amides is 3. The molecule has 0 aliphatic rings. The Balaban J connectivity index is 3.07. The number of carbonyl (C=O) groups excluding carboxylic acids is 3. The second-order valence-electron chi connectivity index (χ2n) is 7.98. The Bertz CT molecular complexity index is 798. The van der Waals surface area contributed by atoms with E-state index in [1.807, 2.05) is 13.8 Å². The van der Waals surface area contributed by atoms with E-state index in [9.17, 15) is 24.3 Å². The average molecular weight is 453 g/mol. The maximum Gasteiger partial charge on any atom is 0.325 e. The maximum atomic E-state index is 12.9. The first kappa shape index (κ1) is 26.9. The molecular formula is C21H32N4O7. The first-order valence-corrected chi connectivity index (χ1v) is 10.2. The lowest BCUT2D eigenvalue weighted by molar-refractivity contribution is -0.141. The van der Waals surface area contributed by atoms with Gasteiger partial charge in [-0.1, -0.05) is 26.0 Å². The van der Waals surface area contributed by atoms with E-state index in [1.54, 1.807) is 12.1 Å². The minimum Gasteiger partial charge on any atom is -0.508 e. The summed E-state index contributed by atoms with van der Waals surface area (Å²) in [6.07, 6.45) is 0.261. The molecule has 0 aliphatic carbocycles. The molecule has 0 fully saturated rings. The van der Waals surface area contributed by atoms with Gasteiger partial charge in [0.05, 0.1) is 6.61 Å². The highest BCUT2D eigenvalue weighted by atomic mass is 16.4. The summed E-state index contributed by atoms with van der Waals surface area (Å²) in [6, 6.07) is 1.42. The summed E-state index contributed by atoms with van der Waals surface area (Å²) in [4.78, 5) is 48.8. The van der Waals surface area contributed by atoms with Crippen molar-refractivity contribution in [1.29, 1.82) is 0 Å². The Kier molecular flexibility index (Phi) is 10.6. The maximum absolute atomic E-state index is 12.9. The van der Waals surface area contributed by atoms with E-state index in [4.69, 9.17) is 15.9 Å². The zero-order valence-electron chi connectivity index (χ0n) is 18.4. The lowest BCUT2D eigenvalue weighted by atomic mass is 10.0. The molecule has 0 aromatic heterocycles. The number of nitrogens with two attached hydrogens (primary N) is 1. The lowest BCUT2D eigenvalue weighted by Gasteiger charge is -2.25. The first-order chi connectivity index (χ1) is 14.9. The van der Waals surface area contributed by atoms with Crippen molar-refractivity contribution in [2.24, 2.45) is 11.7 Å². The zero-order valence-corrected chi connectivity index (χ0v) is 18.4. The fraction of sp³-hybridized carbons (Fsp3) is 0.524. The minimum absolute atomic E-state index is 0.00723. The summed E-state index contributed by atoms with van der Waals surface area (Å²) in [5.74, 6) is -3.29. The largest absolute Gasteiger partial charge is 0.508 e. The highest BCUT2D eigenvalue weighted by Gasteiger charge is 2.30. The average Bonchev–Trinajstić information content (AvgIpc) is 2.72. The van der Waals surface area contributed by atoms with E-state index in [1.165, 1.54) is 19.1 Å². The molecule has 0 aliphatic heterocycles. The number of hydrogen-bond acceptors (Lipinski definition) is 7. The number of hydrogen-bond donors (Lipinski definition) is 7. The van der Waals surface area contributed by atoms with E-state index >= 15 is 0 Å². The van der Waals surface area contributed by atoms with Gasteiger partial charge in [0, 0.05) is 6.42 Å². The second kappa shape index (κ2) is 12.6. The van der Waals surface area contributed by atoms with Gasteiger partial charge in [0.1, 0.15) is 29.9 Å². The summed E-state index contributed by atoms with van der Waals surface area (Å²) in [5.41, 5.74) is 6.12. The molecule has 11 nitrogen and oxygen atoms in total. The van der Waals surface area contributed by atoms with Gasteiger partial charge < -0.3 is 37.0 Å². The van der Waals surface area contributed by atoms with Gasteiger partial charge in [-0.3, -0.25) is 19.2 Å². The summed E-state index contributed by atoms with van der Waals surface area (Å²) in [6.45, 7) is 4.37. The standard InChI is InChI=1S/C21H32N4O7/c1-11(2)8-16(24-18(28)15(22)10-26)20(30)25-17(19(29)23-12(3)21(31)32)9-13-4-6-14(27)7-5-13/h4-7,11-12,15-17,26-27H,8-10,22H2,1-3H3,(H,23,29)(H,24,28)(H,25,30)(H,31,32). The molecule has 11 heteroatoms. The molecule has 3 amide bonds. The number of phenolic OH excluding ortho intramolecular Hbond substituents is 1. The van der Waals surface area contributed by atoms with Crippen LogP contribution in [0.1, 0.15) is 32.8 Å². The van der Waals surface area contributed by atoms with Gasteiger partial charge in [-0.2, -0.15) is 0 Å². The third-order valence-corrected chi connectivity index (χ3v) is 4.61. The van der Waals surface area contributed by atoms with Crippen molar-refractivity contribution in [2.45, 2.75) is 57.8 Å². The molecule has 32 heavy (non-hydrogen) atoms. The van der Waals surface area contributed by atoms with Gasteiger partial charge >= 0.3 is 5.97 Å². The number of rotatable bonds is 12. The van der Waals surface area contributed by atoms with Crippen molar-refractivity contribution in [3.05, 3.63) is 29.8 Å². The second-order valence-corrected chi connectivity index (χ2v) is 7.98. The summed E-state index contributed by atoms with van der Waals surface area (Å²) >= 11 is 0. The number of carbonyl (C=O) groups is 4. The molecule has 1 aromatic rings. The molecule has 0 saturated carbocycles. The van der Waals surface area contributed by atoms with Crippen LogP contribution in [-0.4, -0.2) is 69.8 Å². The normalized spacial score (nSPS) is 14.7. The SMILES string of the molecule is CC(C)CC(NC(=O)C(N)CO)C(=O)NC(Cc1ccc(O)cc1)C(=O)NC(C)C(=O)O. The number of aliphatic hydroxyl groups is 1. The van der Waals surface area contributed by atoms with E-state index < -0.39 is 54.5 Å². The molecule has 1 rings (SSSR count). The molecule has 4 unspecified atom stereocenters. The molecule has 0 radical (unpaired) electrons. The number of aromatic hydroxyl groups is 1. The number of carboxylic acids is 1. The molecule has 178 valence electrons. The Hall–Kier alpha value is -3.18. The van der Waals surface area contributed by atoms with Crippen molar-refractivity contribution in [1.82, 2.24) is 16.0 Å². The zero-order chi connectivity index (χ0) is 24.4. The van der Waals surface area contributed by atoms with E-state index in [0.29, 0.717) is 5.56 Å². The van der Waals surface area contributed by atoms with Crippen LogP contribution in [0.15, 0.2) is 24.3 Å². The topological polar surface area (TPSA) is 191 Å². The van der Waals surface area contributed by atoms with E-state index in [-0.39, 0.29) is 24.5 Å². The van der Waals surface area contributed by atoms with Crippen LogP contribution >= 0.6 is 0 Å². The van der Waals surface area contributed by atoms with Crippen molar-refractivity contribution in [3.63, 3.8) is 0 Å². The van der Waals surface area contributed by atoms with Gasteiger partial charge in [-0.05, 0) is 37.0 Å².